The number of ether oxygens (including phenoxy) is 2. The van der Waals surface area contributed by atoms with Crippen LogP contribution in [-0.2, 0) is 21.0 Å². The van der Waals surface area contributed by atoms with Crippen LogP contribution in [0, 0.1) is 0 Å². The highest BCUT2D eigenvalue weighted by molar-refractivity contribution is 7.92. The molecule has 4 rings (SSSR count). The number of aromatic amines is 1. The quantitative estimate of drug-likeness (QED) is 0.519. The number of halogens is 3. The van der Waals surface area contributed by atoms with Crippen molar-refractivity contribution in [3.63, 3.8) is 0 Å². The molecule has 3 aromatic rings. The summed E-state index contributed by atoms with van der Waals surface area (Å²) >= 11 is 0. The van der Waals surface area contributed by atoms with Crippen LogP contribution in [0.5, 0.6) is 11.5 Å². The molecule has 1 N–H and O–H groups in total. The van der Waals surface area contributed by atoms with Crippen molar-refractivity contribution in [1.82, 2.24) is 10.2 Å². The minimum atomic E-state index is -5.55. The van der Waals surface area contributed by atoms with E-state index in [4.69, 9.17) is 9.47 Å². The van der Waals surface area contributed by atoms with Gasteiger partial charge in [-0.3, -0.25) is 10.1 Å². The molecule has 0 bridgehead atoms. The minimum Gasteiger partial charge on any atom is -0.457 e. The van der Waals surface area contributed by atoms with Crippen LogP contribution in [0.4, 0.5) is 13.2 Å². The van der Waals surface area contributed by atoms with Gasteiger partial charge in [-0.05, 0) is 49.6 Å². The summed E-state index contributed by atoms with van der Waals surface area (Å²) in [6.07, 6.45) is 2.83. The summed E-state index contributed by atoms with van der Waals surface area (Å²) in [7, 11) is -4.02. The van der Waals surface area contributed by atoms with Crippen molar-refractivity contribution in [3.8, 4) is 11.5 Å². The largest absolute Gasteiger partial charge is 0.501 e. The van der Waals surface area contributed by atoms with Gasteiger partial charge in [0.25, 0.3) is 9.84 Å². The molecular formula is C21H20F3N3O4S. The lowest BCUT2D eigenvalue weighted by Crippen LogP contribution is -2.25. The van der Waals surface area contributed by atoms with Gasteiger partial charge < -0.3 is 9.47 Å². The lowest BCUT2D eigenvalue weighted by molar-refractivity contribution is -0.0436. The molecule has 1 aromatic heterocycles. The van der Waals surface area contributed by atoms with Crippen LogP contribution in [0.25, 0.3) is 10.9 Å². The Kier molecular flexibility index (Phi) is 5.95. The van der Waals surface area contributed by atoms with Gasteiger partial charge >= 0.3 is 5.51 Å². The molecule has 1 heterocycles. The first kappa shape index (κ1) is 22.3. The van der Waals surface area contributed by atoms with Gasteiger partial charge in [0.15, 0.2) is 0 Å². The van der Waals surface area contributed by atoms with Gasteiger partial charge in [0.2, 0.25) is 0 Å². The summed E-state index contributed by atoms with van der Waals surface area (Å²) in [4.78, 5) is 3.59. The van der Waals surface area contributed by atoms with Crippen LogP contribution < -0.4 is 4.74 Å². The van der Waals surface area contributed by atoms with Crippen molar-refractivity contribution in [2.24, 2.45) is 4.99 Å². The third-order valence-corrected chi connectivity index (χ3v) is 6.70. The zero-order valence-corrected chi connectivity index (χ0v) is 17.9. The molecule has 0 aliphatic heterocycles. The smallest absolute Gasteiger partial charge is 0.457 e. The van der Waals surface area contributed by atoms with Crippen LogP contribution >= 0.6 is 0 Å². The second-order valence-corrected chi connectivity index (χ2v) is 9.17. The number of H-pyrrole nitrogens is 1. The van der Waals surface area contributed by atoms with Crippen LogP contribution in [0.1, 0.15) is 24.0 Å². The number of methoxy groups -OCH3 is 1. The fraction of sp³-hybridized carbons (Fsp3) is 0.333. The van der Waals surface area contributed by atoms with Gasteiger partial charge in [0.1, 0.15) is 11.5 Å². The zero-order chi connectivity index (χ0) is 22.9. The number of alkyl halides is 3. The van der Waals surface area contributed by atoms with Crippen molar-refractivity contribution >= 4 is 26.5 Å². The number of sulfone groups is 1. The molecule has 0 unspecified atom stereocenters. The van der Waals surface area contributed by atoms with Crippen LogP contribution in [-0.4, -0.2) is 50.1 Å². The third kappa shape index (κ3) is 4.09. The van der Waals surface area contributed by atoms with E-state index in [-0.39, 0.29) is 5.56 Å². The molecule has 7 nitrogen and oxygen atoms in total. The topological polar surface area (TPSA) is 93.6 Å². The minimum absolute atomic E-state index is 0.0124. The van der Waals surface area contributed by atoms with E-state index in [1.54, 1.807) is 24.4 Å². The fourth-order valence-corrected chi connectivity index (χ4v) is 4.68. The number of hydrogen-bond donors (Lipinski definition) is 1. The molecule has 170 valence electrons. The molecular weight excluding hydrogens is 447 g/mol. The van der Waals surface area contributed by atoms with Crippen molar-refractivity contribution in [3.05, 3.63) is 47.7 Å². The Morgan fingerprint density at radius 1 is 1.19 bits per heavy atom. The molecule has 11 heteroatoms. The average molecular weight is 467 g/mol. The molecule has 32 heavy (non-hydrogen) atoms. The molecule has 0 spiro atoms. The summed E-state index contributed by atoms with van der Waals surface area (Å²) in [5.74, 6) is 0.754. The van der Waals surface area contributed by atoms with Crippen molar-refractivity contribution in [1.29, 1.82) is 0 Å². The Balaban J connectivity index is 1.78. The number of rotatable bonds is 7. The maximum Gasteiger partial charge on any atom is 0.501 e. The number of benzene rings is 2. The highest BCUT2D eigenvalue weighted by atomic mass is 32.2. The number of aromatic nitrogens is 2. The zero-order valence-electron chi connectivity index (χ0n) is 17.1. The van der Waals surface area contributed by atoms with Crippen LogP contribution in [0.2, 0.25) is 0 Å². The SMILES string of the molecule is COCCCN=C1CCc2c(Oc3ccc4[nH]ncc4c3)ccc(S(=O)(=O)C(F)(F)F)c21. The second kappa shape index (κ2) is 8.55. The Labute approximate surface area is 182 Å². The Morgan fingerprint density at radius 2 is 2.00 bits per heavy atom. The summed E-state index contributed by atoms with van der Waals surface area (Å²) in [6.45, 7) is 0.757. The summed E-state index contributed by atoms with van der Waals surface area (Å²) in [6, 6.07) is 7.42. The first-order chi connectivity index (χ1) is 15.2. The van der Waals surface area contributed by atoms with Gasteiger partial charge in [-0.1, -0.05) is 0 Å². The van der Waals surface area contributed by atoms with Crippen LogP contribution in [0.15, 0.2) is 46.4 Å². The summed E-state index contributed by atoms with van der Waals surface area (Å²) in [5.41, 5.74) is -3.90. The molecule has 0 fully saturated rings. The van der Waals surface area contributed by atoms with E-state index in [9.17, 15) is 21.6 Å². The lowest BCUT2D eigenvalue weighted by Gasteiger charge is -2.16. The second-order valence-electron chi connectivity index (χ2n) is 7.26. The molecule has 0 amide bonds. The highest BCUT2D eigenvalue weighted by Crippen LogP contribution is 2.41. The van der Waals surface area contributed by atoms with E-state index in [2.05, 4.69) is 15.2 Å². The normalized spacial score (nSPS) is 15.4. The van der Waals surface area contributed by atoms with Gasteiger partial charge in [-0.2, -0.15) is 18.3 Å². The van der Waals surface area contributed by atoms with Gasteiger partial charge in [0.05, 0.1) is 16.6 Å². The molecule has 0 saturated heterocycles. The third-order valence-electron chi connectivity index (χ3n) is 5.18. The van der Waals surface area contributed by atoms with Crippen molar-refractivity contribution in [2.75, 3.05) is 20.3 Å². The molecule has 0 radical (unpaired) electrons. The van der Waals surface area contributed by atoms with Gasteiger partial charge in [-0.25, -0.2) is 8.42 Å². The Hall–Kier alpha value is -2.92. The highest BCUT2D eigenvalue weighted by Gasteiger charge is 2.49. The number of nitrogens with one attached hydrogen (secondary N) is 1. The van der Waals surface area contributed by atoms with Crippen molar-refractivity contribution in [2.45, 2.75) is 29.7 Å². The first-order valence-electron chi connectivity index (χ1n) is 9.83. The maximum absolute atomic E-state index is 13.3. The molecule has 1 aliphatic rings. The Bertz CT molecular complexity index is 1280. The number of fused-ring (bicyclic) bond motifs is 2. The molecule has 2 aromatic carbocycles. The number of nitrogens with zero attached hydrogens (tertiary/aromatic N) is 2. The van der Waals surface area contributed by atoms with E-state index < -0.39 is 20.2 Å². The van der Waals surface area contributed by atoms with E-state index in [0.29, 0.717) is 55.2 Å². The predicted molar refractivity (Wildman–Crippen MR) is 112 cm³/mol. The van der Waals surface area contributed by atoms with E-state index in [1.807, 2.05) is 0 Å². The van der Waals surface area contributed by atoms with Gasteiger partial charge in [0, 0.05) is 42.5 Å². The fourth-order valence-electron chi connectivity index (χ4n) is 3.68. The van der Waals surface area contributed by atoms with E-state index >= 15 is 0 Å². The predicted octanol–water partition coefficient (Wildman–Crippen LogP) is 4.42. The standard InChI is InChI=1S/C21H20F3N3O4S/c1-30-10-2-9-25-17-6-4-15-18(31-14-3-5-16-13(11-14)12-26-27-16)7-8-19(20(15)17)32(28,29)21(22,23)24/h3,5,7-8,11-12H,2,4,6,9-10H2,1H3,(H,26,27). The molecule has 1 aliphatic carbocycles. The van der Waals surface area contributed by atoms with Crippen molar-refractivity contribution < 1.29 is 31.1 Å². The number of hydrogen-bond acceptors (Lipinski definition) is 6. The van der Waals surface area contributed by atoms with Gasteiger partial charge in [-0.15, -0.1) is 0 Å². The lowest BCUT2D eigenvalue weighted by atomic mass is 10.1. The molecule has 0 atom stereocenters. The monoisotopic (exact) mass is 467 g/mol. The summed E-state index contributed by atoms with van der Waals surface area (Å²) in [5, 5.41) is 7.57. The number of aliphatic imine (C=N–C) groups is 1. The van der Waals surface area contributed by atoms with E-state index in [1.165, 1.54) is 13.2 Å². The average Bonchev–Trinajstić information content (AvgIpc) is 3.37. The Morgan fingerprint density at radius 3 is 2.75 bits per heavy atom. The first-order valence-corrected chi connectivity index (χ1v) is 11.3. The maximum atomic E-state index is 13.3. The molecule has 0 saturated carbocycles. The summed E-state index contributed by atoms with van der Waals surface area (Å²) < 4.78 is 75.5. The van der Waals surface area contributed by atoms with Crippen LogP contribution in [0.3, 0.4) is 0 Å². The van der Waals surface area contributed by atoms with E-state index in [0.717, 1.165) is 17.0 Å².